The van der Waals surface area contributed by atoms with Crippen LogP contribution in [0, 0.1) is 0 Å². The van der Waals surface area contributed by atoms with Gasteiger partial charge in [0.1, 0.15) is 10.8 Å². The minimum absolute atomic E-state index is 0.352. The van der Waals surface area contributed by atoms with Crippen molar-refractivity contribution in [1.29, 1.82) is 0 Å². The lowest BCUT2D eigenvalue weighted by Gasteiger charge is -2.07. The van der Waals surface area contributed by atoms with Crippen LogP contribution in [0.15, 0.2) is 47.1 Å². The Morgan fingerprint density at radius 3 is 2.59 bits per heavy atom. The Bertz CT molecular complexity index is 540. The van der Waals surface area contributed by atoms with E-state index >= 15 is 0 Å². The molecule has 2 rings (SSSR count). The van der Waals surface area contributed by atoms with Gasteiger partial charge in [-0.15, -0.1) is 0 Å². The fourth-order valence-corrected chi connectivity index (χ4v) is 1.82. The van der Waals surface area contributed by atoms with Crippen LogP contribution in [0.25, 0.3) is 0 Å². The van der Waals surface area contributed by atoms with E-state index in [1.54, 1.807) is 6.20 Å². The summed E-state index contributed by atoms with van der Waals surface area (Å²) in [6.45, 7) is 0. The summed E-state index contributed by atoms with van der Waals surface area (Å²) in [5, 5.41) is 3.20. The van der Waals surface area contributed by atoms with Crippen LogP contribution in [-0.4, -0.2) is 9.97 Å². The largest absolute Gasteiger partial charge is 0.389 e. The number of nitrogens with zero attached hydrogens (tertiary/aromatic N) is 1. The third-order valence-corrected chi connectivity index (χ3v) is 3.11. The van der Waals surface area contributed by atoms with Gasteiger partial charge in [0, 0.05) is 16.2 Å². The molecule has 0 saturated heterocycles. The third kappa shape index (κ3) is 3.01. The van der Waals surface area contributed by atoms with Gasteiger partial charge in [0.25, 0.3) is 0 Å². The molecule has 17 heavy (non-hydrogen) atoms. The molecule has 1 heterocycles. The van der Waals surface area contributed by atoms with Gasteiger partial charge in [0.05, 0.1) is 5.69 Å². The standard InChI is InChI=1S/C12H10BrN3S/c13-9-3-1-2-4-10(9)16-11-6-5-8(7-15-11)12(14)17/h1-7H,(H2,14,17)(H,15,16). The summed E-state index contributed by atoms with van der Waals surface area (Å²) in [7, 11) is 0. The molecular formula is C12H10BrN3S. The maximum atomic E-state index is 5.50. The molecule has 0 fully saturated rings. The first kappa shape index (κ1) is 12.0. The van der Waals surface area contributed by atoms with Crippen LogP contribution in [-0.2, 0) is 0 Å². The second-order valence-corrected chi connectivity index (χ2v) is 4.70. The highest BCUT2D eigenvalue weighted by Crippen LogP contribution is 2.24. The first-order chi connectivity index (χ1) is 8.16. The third-order valence-electron chi connectivity index (χ3n) is 2.18. The number of nitrogens with two attached hydrogens (primary N) is 1. The van der Waals surface area contributed by atoms with Crippen molar-refractivity contribution in [2.75, 3.05) is 5.32 Å². The lowest BCUT2D eigenvalue weighted by molar-refractivity contribution is 1.29. The molecule has 0 saturated carbocycles. The Kier molecular flexibility index (Phi) is 3.71. The van der Waals surface area contributed by atoms with Crippen molar-refractivity contribution >= 4 is 44.6 Å². The van der Waals surface area contributed by atoms with E-state index in [0.717, 1.165) is 21.5 Å². The van der Waals surface area contributed by atoms with Crippen molar-refractivity contribution in [1.82, 2.24) is 4.98 Å². The average molecular weight is 308 g/mol. The molecule has 0 aliphatic heterocycles. The molecule has 0 spiro atoms. The van der Waals surface area contributed by atoms with E-state index in [4.69, 9.17) is 18.0 Å². The number of pyridine rings is 1. The maximum absolute atomic E-state index is 5.50. The van der Waals surface area contributed by atoms with Gasteiger partial charge >= 0.3 is 0 Å². The van der Waals surface area contributed by atoms with E-state index < -0.39 is 0 Å². The van der Waals surface area contributed by atoms with Crippen LogP contribution < -0.4 is 11.1 Å². The number of thiocarbonyl (C=S) groups is 1. The second-order valence-electron chi connectivity index (χ2n) is 3.40. The first-order valence-corrected chi connectivity index (χ1v) is 6.14. The van der Waals surface area contributed by atoms with Crippen LogP contribution in [0.2, 0.25) is 0 Å². The number of anilines is 2. The van der Waals surface area contributed by atoms with Crippen molar-refractivity contribution in [3.8, 4) is 0 Å². The monoisotopic (exact) mass is 307 g/mol. The predicted molar refractivity (Wildman–Crippen MR) is 77.5 cm³/mol. The van der Waals surface area contributed by atoms with Crippen molar-refractivity contribution in [2.24, 2.45) is 5.73 Å². The van der Waals surface area contributed by atoms with Crippen molar-refractivity contribution in [3.63, 3.8) is 0 Å². The summed E-state index contributed by atoms with van der Waals surface area (Å²) in [5.41, 5.74) is 7.23. The van der Waals surface area contributed by atoms with Gasteiger partial charge in [0.2, 0.25) is 0 Å². The van der Waals surface area contributed by atoms with Crippen LogP contribution in [0.3, 0.4) is 0 Å². The molecule has 0 bridgehead atoms. The summed E-state index contributed by atoms with van der Waals surface area (Å²) in [6.07, 6.45) is 1.65. The number of nitrogens with one attached hydrogen (secondary N) is 1. The van der Waals surface area contributed by atoms with E-state index in [9.17, 15) is 0 Å². The minimum Gasteiger partial charge on any atom is -0.389 e. The number of hydrogen-bond donors (Lipinski definition) is 2. The number of halogens is 1. The molecule has 0 atom stereocenters. The average Bonchev–Trinajstić information content (AvgIpc) is 2.33. The van der Waals surface area contributed by atoms with E-state index in [1.165, 1.54) is 0 Å². The molecule has 3 N–H and O–H groups in total. The van der Waals surface area contributed by atoms with E-state index in [0.29, 0.717) is 4.99 Å². The van der Waals surface area contributed by atoms with Gasteiger partial charge in [-0.2, -0.15) is 0 Å². The first-order valence-electron chi connectivity index (χ1n) is 4.94. The quantitative estimate of drug-likeness (QED) is 0.855. The zero-order chi connectivity index (χ0) is 12.3. The molecule has 0 aliphatic carbocycles. The van der Waals surface area contributed by atoms with Gasteiger partial charge in [-0.3, -0.25) is 0 Å². The van der Waals surface area contributed by atoms with Crippen LogP contribution in [0.4, 0.5) is 11.5 Å². The molecule has 0 radical (unpaired) electrons. The number of benzene rings is 1. The van der Waals surface area contributed by atoms with Gasteiger partial charge in [-0.1, -0.05) is 24.4 Å². The summed E-state index contributed by atoms with van der Waals surface area (Å²) in [6, 6.07) is 11.5. The lowest BCUT2D eigenvalue weighted by Crippen LogP contribution is -2.09. The fraction of sp³-hybridized carbons (Fsp3) is 0. The maximum Gasteiger partial charge on any atom is 0.130 e. The molecule has 0 unspecified atom stereocenters. The molecule has 5 heteroatoms. The Labute approximate surface area is 113 Å². The van der Waals surface area contributed by atoms with Crippen LogP contribution in [0.5, 0.6) is 0 Å². The summed E-state index contributed by atoms with van der Waals surface area (Å²) in [5.74, 6) is 0.747. The van der Waals surface area contributed by atoms with Gasteiger partial charge in [-0.05, 0) is 40.2 Å². The van der Waals surface area contributed by atoms with Crippen molar-refractivity contribution in [2.45, 2.75) is 0 Å². The number of para-hydroxylation sites is 1. The number of rotatable bonds is 3. The Balaban J connectivity index is 2.20. The predicted octanol–water partition coefficient (Wildman–Crippen LogP) is 3.22. The SMILES string of the molecule is NC(=S)c1ccc(Nc2ccccc2Br)nc1. The van der Waals surface area contributed by atoms with E-state index in [2.05, 4.69) is 26.2 Å². The highest BCUT2D eigenvalue weighted by atomic mass is 79.9. The van der Waals surface area contributed by atoms with E-state index in [1.807, 2.05) is 36.4 Å². The molecule has 1 aromatic carbocycles. The smallest absolute Gasteiger partial charge is 0.130 e. The highest BCUT2D eigenvalue weighted by Gasteiger charge is 2.01. The minimum atomic E-state index is 0.352. The summed E-state index contributed by atoms with van der Waals surface area (Å²) < 4.78 is 0.986. The Morgan fingerprint density at radius 2 is 2.00 bits per heavy atom. The molecule has 1 aromatic heterocycles. The molecule has 2 aromatic rings. The fourth-order valence-electron chi connectivity index (χ4n) is 1.31. The van der Waals surface area contributed by atoms with Crippen LogP contribution in [0.1, 0.15) is 5.56 Å². The number of aromatic nitrogens is 1. The summed E-state index contributed by atoms with van der Waals surface area (Å²) >= 11 is 8.33. The Morgan fingerprint density at radius 1 is 1.24 bits per heavy atom. The van der Waals surface area contributed by atoms with E-state index in [-0.39, 0.29) is 0 Å². The lowest BCUT2D eigenvalue weighted by atomic mass is 10.3. The zero-order valence-electron chi connectivity index (χ0n) is 8.85. The van der Waals surface area contributed by atoms with Gasteiger partial charge in [-0.25, -0.2) is 4.98 Å². The summed E-state index contributed by atoms with van der Waals surface area (Å²) in [4.78, 5) is 4.59. The second kappa shape index (κ2) is 5.25. The molecule has 3 nitrogen and oxygen atoms in total. The van der Waals surface area contributed by atoms with Crippen LogP contribution >= 0.6 is 28.1 Å². The van der Waals surface area contributed by atoms with Crippen molar-refractivity contribution in [3.05, 3.63) is 52.6 Å². The molecular weight excluding hydrogens is 298 g/mol. The topological polar surface area (TPSA) is 50.9 Å². The molecule has 0 amide bonds. The molecule has 0 aliphatic rings. The Hall–Kier alpha value is -1.46. The number of hydrogen-bond acceptors (Lipinski definition) is 3. The molecule has 86 valence electrons. The van der Waals surface area contributed by atoms with Crippen molar-refractivity contribution < 1.29 is 0 Å². The van der Waals surface area contributed by atoms with Gasteiger partial charge in [0.15, 0.2) is 0 Å². The zero-order valence-corrected chi connectivity index (χ0v) is 11.3. The highest BCUT2D eigenvalue weighted by molar-refractivity contribution is 9.10. The normalized spacial score (nSPS) is 9.94. The van der Waals surface area contributed by atoms with Gasteiger partial charge < -0.3 is 11.1 Å².